The molecule has 3 aromatic rings. The molecule has 0 amide bonds. The molecule has 7 nitrogen and oxygen atoms in total. The third-order valence-corrected chi connectivity index (χ3v) is 5.00. The number of nitro benzene ring substituents is 1. The Morgan fingerprint density at radius 1 is 1.28 bits per heavy atom. The van der Waals surface area contributed by atoms with Crippen molar-refractivity contribution in [2.75, 3.05) is 11.9 Å². The Bertz CT molecular complexity index is 1210. The second-order valence-corrected chi connectivity index (χ2v) is 7.37. The molecule has 0 fully saturated rings. The minimum absolute atomic E-state index is 0.0811. The minimum atomic E-state index is -4.69. The monoisotopic (exact) mass is 467 g/mol. The van der Waals surface area contributed by atoms with Crippen LogP contribution >= 0.6 is 15.9 Å². The van der Waals surface area contributed by atoms with Crippen molar-refractivity contribution in [2.24, 2.45) is 4.99 Å². The molecular formula is C18H13BrF3N5O2. The number of nitro groups is 1. The number of aromatic nitrogens is 2. The Balaban J connectivity index is 1.84. The van der Waals surface area contributed by atoms with Crippen LogP contribution in [-0.4, -0.2) is 21.0 Å². The molecule has 29 heavy (non-hydrogen) atoms. The van der Waals surface area contributed by atoms with Crippen LogP contribution in [0.4, 0.5) is 24.8 Å². The van der Waals surface area contributed by atoms with E-state index >= 15 is 0 Å². The topological polar surface area (TPSA) is 85.3 Å². The Labute approximate surface area is 170 Å². The first kappa shape index (κ1) is 19.4. The van der Waals surface area contributed by atoms with Gasteiger partial charge in [-0.15, -0.1) is 0 Å². The average Bonchev–Trinajstić information content (AvgIpc) is 3.13. The molecule has 0 radical (unpaired) electrons. The van der Waals surface area contributed by atoms with Crippen LogP contribution in [0.3, 0.4) is 0 Å². The van der Waals surface area contributed by atoms with E-state index in [2.05, 4.69) is 31.2 Å². The quantitative estimate of drug-likeness (QED) is 0.460. The van der Waals surface area contributed by atoms with Crippen LogP contribution in [0.1, 0.15) is 11.1 Å². The van der Waals surface area contributed by atoms with Crippen LogP contribution in [0.25, 0.3) is 10.9 Å². The summed E-state index contributed by atoms with van der Waals surface area (Å²) < 4.78 is 42.1. The van der Waals surface area contributed by atoms with Crippen molar-refractivity contribution >= 4 is 38.5 Å². The largest absolute Gasteiger partial charge is 0.416 e. The highest BCUT2D eigenvalue weighted by atomic mass is 79.9. The van der Waals surface area contributed by atoms with Crippen molar-refractivity contribution in [1.29, 1.82) is 0 Å². The first-order chi connectivity index (χ1) is 13.7. The Hall–Kier alpha value is -2.95. The summed E-state index contributed by atoms with van der Waals surface area (Å²) in [5.41, 5.74) is -0.392. The first-order valence-corrected chi connectivity index (χ1v) is 9.32. The number of hydrogen-bond acceptors (Lipinski definition) is 5. The molecule has 11 heteroatoms. The first-order valence-electron chi connectivity index (χ1n) is 8.52. The second kappa shape index (κ2) is 7.14. The zero-order valence-electron chi connectivity index (χ0n) is 14.7. The molecule has 150 valence electrons. The summed E-state index contributed by atoms with van der Waals surface area (Å²) in [6.45, 7) is 1.27. The van der Waals surface area contributed by atoms with Crippen LogP contribution < -0.4 is 10.8 Å². The molecule has 0 saturated carbocycles. The molecule has 0 saturated heterocycles. The van der Waals surface area contributed by atoms with E-state index in [1.807, 2.05) is 22.8 Å². The van der Waals surface area contributed by atoms with Gasteiger partial charge in [0.25, 0.3) is 5.69 Å². The molecule has 2 aromatic carbocycles. The summed E-state index contributed by atoms with van der Waals surface area (Å²) in [5.74, 6) is 0.619. The van der Waals surface area contributed by atoms with Gasteiger partial charge in [-0.1, -0.05) is 15.9 Å². The van der Waals surface area contributed by atoms with Gasteiger partial charge in [0.15, 0.2) is 5.49 Å². The Morgan fingerprint density at radius 2 is 2.07 bits per heavy atom. The molecule has 1 N–H and O–H groups in total. The van der Waals surface area contributed by atoms with Crippen LogP contribution in [0.5, 0.6) is 0 Å². The average molecular weight is 468 g/mol. The number of nitrogens with zero attached hydrogens (tertiary/aromatic N) is 4. The van der Waals surface area contributed by atoms with E-state index in [-0.39, 0.29) is 12.1 Å². The maximum absolute atomic E-state index is 13.1. The number of nitrogens with one attached hydrogen (secondary N) is 1. The summed E-state index contributed by atoms with van der Waals surface area (Å²) in [7, 11) is 0. The fourth-order valence-corrected chi connectivity index (χ4v) is 3.58. The number of hydrogen-bond donors (Lipinski definition) is 1. The number of halogens is 4. The van der Waals surface area contributed by atoms with E-state index in [4.69, 9.17) is 0 Å². The van der Waals surface area contributed by atoms with E-state index < -0.39 is 22.4 Å². The molecule has 1 aromatic heterocycles. The molecule has 0 unspecified atom stereocenters. The van der Waals surface area contributed by atoms with E-state index in [1.165, 1.54) is 0 Å². The highest BCUT2D eigenvalue weighted by molar-refractivity contribution is 9.10. The Kier molecular flexibility index (Phi) is 4.77. The maximum Gasteiger partial charge on any atom is 0.416 e. The van der Waals surface area contributed by atoms with Crippen molar-refractivity contribution < 1.29 is 18.1 Å². The molecule has 1 aliphatic rings. The lowest BCUT2D eigenvalue weighted by Crippen LogP contribution is -2.15. The molecule has 4 rings (SSSR count). The molecule has 0 spiro atoms. The van der Waals surface area contributed by atoms with Crippen molar-refractivity contribution in [3.8, 4) is 0 Å². The van der Waals surface area contributed by atoms with Gasteiger partial charge >= 0.3 is 6.18 Å². The van der Waals surface area contributed by atoms with Gasteiger partial charge in [0.1, 0.15) is 0 Å². The van der Waals surface area contributed by atoms with Crippen molar-refractivity contribution in [1.82, 2.24) is 9.55 Å². The number of rotatable bonds is 3. The van der Waals surface area contributed by atoms with Gasteiger partial charge in [0.05, 0.1) is 22.5 Å². The van der Waals surface area contributed by atoms with Gasteiger partial charge in [-0.3, -0.25) is 15.1 Å². The molecule has 0 atom stereocenters. The summed E-state index contributed by atoms with van der Waals surface area (Å²) in [6.07, 6.45) is -4.69. The summed E-state index contributed by atoms with van der Waals surface area (Å²) in [6, 6.07) is 8.11. The summed E-state index contributed by atoms with van der Waals surface area (Å²) in [5, 5.41) is 14.9. The lowest BCUT2D eigenvalue weighted by atomic mass is 10.1. The number of fused-ring (bicyclic) bond motifs is 3. The molecular weight excluding hydrogens is 455 g/mol. The van der Waals surface area contributed by atoms with Crippen molar-refractivity contribution in [3.63, 3.8) is 0 Å². The highest BCUT2D eigenvalue weighted by Gasteiger charge is 2.32. The lowest BCUT2D eigenvalue weighted by molar-refractivity contribution is -0.385. The SMILES string of the molecule is O=[N+]([O-])c1cc(CN=c2nc3n(c4ccc(Br)cc24)CCN3)cc(C(F)(F)F)c1. The van der Waals surface area contributed by atoms with Crippen LogP contribution in [0, 0.1) is 10.1 Å². The van der Waals surface area contributed by atoms with Crippen molar-refractivity contribution in [2.45, 2.75) is 19.3 Å². The predicted molar refractivity (Wildman–Crippen MR) is 103 cm³/mol. The third-order valence-electron chi connectivity index (χ3n) is 4.50. The van der Waals surface area contributed by atoms with E-state index in [0.717, 1.165) is 34.1 Å². The summed E-state index contributed by atoms with van der Waals surface area (Å²) >= 11 is 3.41. The van der Waals surface area contributed by atoms with Gasteiger partial charge in [-0.05, 0) is 29.8 Å². The Morgan fingerprint density at radius 3 is 2.79 bits per heavy atom. The van der Waals surface area contributed by atoms with Gasteiger partial charge < -0.3 is 9.88 Å². The van der Waals surface area contributed by atoms with Gasteiger partial charge in [-0.2, -0.15) is 18.2 Å². The van der Waals surface area contributed by atoms with E-state index in [0.29, 0.717) is 24.0 Å². The fourth-order valence-electron chi connectivity index (χ4n) is 3.22. The number of benzene rings is 2. The zero-order valence-corrected chi connectivity index (χ0v) is 16.3. The molecule has 2 heterocycles. The number of non-ortho nitro benzene ring substituents is 1. The van der Waals surface area contributed by atoms with Crippen LogP contribution in [-0.2, 0) is 19.3 Å². The fraction of sp³-hybridized carbons (Fsp3) is 0.222. The third kappa shape index (κ3) is 3.82. The normalized spacial score (nSPS) is 14.1. The van der Waals surface area contributed by atoms with Crippen LogP contribution in [0.15, 0.2) is 45.9 Å². The smallest absolute Gasteiger partial charge is 0.354 e. The minimum Gasteiger partial charge on any atom is -0.354 e. The van der Waals surface area contributed by atoms with E-state index in [9.17, 15) is 23.3 Å². The van der Waals surface area contributed by atoms with Gasteiger partial charge in [0, 0.05) is 35.1 Å². The van der Waals surface area contributed by atoms with E-state index in [1.54, 1.807) is 0 Å². The lowest BCUT2D eigenvalue weighted by Gasteiger charge is -2.09. The van der Waals surface area contributed by atoms with Gasteiger partial charge in [-0.25, -0.2) is 0 Å². The standard InChI is InChI=1S/C18H13BrF3N5O2/c19-12-1-2-15-14(8-12)16(25-17-23-3-4-26(15)17)24-9-10-5-11(18(20,21)22)7-13(6-10)27(28)29/h1-2,5-8H,3-4,9H2,(H,23,24,25). The zero-order chi connectivity index (χ0) is 20.8. The molecule has 0 bridgehead atoms. The van der Waals surface area contributed by atoms with Crippen LogP contribution in [0.2, 0.25) is 0 Å². The molecule has 0 aliphatic carbocycles. The predicted octanol–water partition coefficient (Wildman–Crippen LogP) is 4.25. The van der Waals surface area contributed by atoms with Gasteiger partial charge in [0.2, 0.25) is 5.95 Å². The number of anilines is 1. The number of alkyl halides is 3. The highest BCUT2D eigenvalue weighted by Crippen LogP contribution is 2.32. The molecule has 1 aliphatic heterocycles. The summed E-state index contributed by atoms with van der Waals surface area (Å²) in [4.78, 5) is 19.0. The second-order valence-electron chi connectivity index (χ2n) is 6.46. The maximum atomic E-state index is 13.1. The van der Waals surface area contributed by atoms with Crippen molar-refractivity contribution in [3.05, 3.63) is 67.6 Å².